The van der Waals surface area contributed by atoms with Gasteiger partial charge in [0.2, 0.25) is 0 Å². The van der Waals surface area contributed by atoms with Crippen LogP contribution in [0.5, 0.6) is 0 Å². The summed E-state index contributed by atoms with van der Waals surface area (Å²) in [6, 6.07) is 1.77. The highest BCUT2D eigenvalue weighted by molar-refractivity contribution is 5.93. The standard InChI is InChI=1S/C12H16N2O2/c1-2-6-13-11-9(12(15)16)7-8-4-3-5-10(8)14-11/h7H,2-6H2,1H3,(H,13,14)(H,15,16). The lowest BCUT2D eigenvalue weighted by Gasteiger charge is -2.10. The minimum atomic E-state index is -0.902. The van der Waals surface area contributed by atoms with Gasteiger partial charge in [0.15, 0.2) is 0 Å². The lowest BCUT2D eigenvalue weighted by Crippen LogP contribution is -2.10. The second kappa shape index (κ2) is 4.51. The second-order valence-electron chi connectivity index (χ2n) is 4.08. The van der Waals surface area contributed by atoms with Crippen LogP contribution in [0.4, 0.5) is 5.82 Å². The van der Waals surface area contributed by atoms with E-state index in [1.807, 2.05) is 6.92 Å². The molecule has 0 fully saturated rings. The summed E-state index contributed by atoms with van der Waals surface area (Å²) in [5, 5.41) is 12.2. The van der Waals surface area contributed by atoms with Gasteiger partial charge in [-0.2, -0.15) is 0 Å². The molecule has 0 saturated heterocycles. The molecule has 86 valence electrons. The van der Waals surface area contributed by atoms with Gasteiger partial charge in [0, 0.05) is 12.2 Å². The molecule has 2 rings (SSSR count). The average Bonchev–Trinajstić information content (AvgIpc) is 2.71. The zero-order valence-electron chi connectivity index (χ0n) is 9.42. The van der Waals surface area contributed by atoms with E-state index in [1.54, 1.807) is 6.07 Å². The van der Waals surface area contributed by atoms with Crippen LogP contribution in [0.25, 0.3) is 0 Å². The van der Waals surface area contributed by atoms with Crippen LogP contribution >= 0.6 is 0 Å². The Morgan fingerprint density at radius 3 is 3.06 bits per heavy atom. The number of hydrogen-bond acceptors (Lipinski definition) is 3. The zero-order valence-corrected chi connectivity index (χ0v) is 9.42. The third-order valence-electron chi connectivity index (χ3n) is 2.82. The summed E-state index contributed by atoms with van der Waals surface area (Å²) >= 11 is 0. The molecule has 1 aliphatic carbocycles. The molecule has 0 bridgehead atoms. The number of hydrogen-bond donors (Lipinski definition) is 2. The first-order chi connectivity index (χ1) is 7.72. The van der Waals surface area contributed by atoms with Crippen molar-refractivity contribution in [3.8, 4) is 0 Å². The molecule has 0 amide bonds. The van der Waals surface area contributed by atoms with Gasteiger partial charge in [0.25, 0.3) is 0 Å². The van der Waals surface area contributed by atoms with E-state index in [0.717, 1.165) is 43.5 Å². The quantitative estimate of drug-likeness (QED) is 0.815. The Labute approximate surface area is 94.7 Å². The van der Waals surface area contributed by atoms with E-state index in [-0.39, 0.29) is 0 Å². The number of nitrogens with one attached hydrogen (secondary N) is 1. The fourth-order valence-corrected chi connectivity index (χ4v) is 2.01. The SMILES string of the molecule is CCCNc1nc2c(cc1C(=O)O)CCC2. The van der Waals surface area contributed by atoms with Gasteiger partial charge in [-0.1, -0.05) is 6.92 Å². The van der Waals surface area contributed by atoms with Crippen LogP contribution in [-0.2, 0) is 12.8 Å². The Morgan fingerprint density at radius 1 is 1.56 bits per heavy atom. The van der Waals surface area contributed by atoms with Crippen LogP contribution in [0.1, 0.15) is 41.4 Å². The lowest BCUT2D eigenvalue weighted by atomic mass is 10.1. The average molecular weight is 220 g/mol. The molecule has 2 N–H and O–H groups in total. The molecule has 0 aliphatic heterocycles. The molecule has 1 aliphatic rings. The molecule has 0 unspecified atom stereocenters. The molecule has 0 aromatic carbocycles. The second-order valence-corrected chi connectivity index (χ2v) is 4.08. The van der Waals surface area contributed by atoms with Gasteiger partial charge in [-0.3, -0.25) is 0 Å². The maximum Gasteiger partial charge on any atom is 0.339 e. The maximum atomic E-state index is 11.1. The number of aromatic nitrogens is 1. The number of nitrogens with zero attached hydrogens (tertiary/aromatic N) is 1. The molecule has 4 heteroatoms. The summed E-state index contributed by atoms with van der Waals surface area (Å²) in [6.07, 6.45) is 3.96. The highest BCUT2D eigenvalue weighted by Gasteiger charge is 2.19. The van der Waals surface area contributed by atoms with Crippen LogP contribution in [0.3, 0.4) is 0 Å². The highest BCUT2D eigenvalue weighted by Crippen LogP contribution is 2.25. The number of carboxylic acid groups (broad SMARTS) is 1. The van der Waals surface area contributed by atoms with Gasteiger partial charge in [0.05, 0.1) is 0 Å². The largest absolute Gasteiger partial charge is 0.478 e. The molecule has 1 heterocycles. The van der Waals surface area contributed by atoms with Gasteiger partial charge in [-0.25, -0.2) is 9.78 Å². The molecular weight excluding hydrogens is 204 g/mol. The van der Waals surface area contributed by atoms with E-state index in [1.165, 1.54) is 0 Å². The first kappa shape index (κ1) is 10.9. The molecule has 16 heavy (non-hydrogen) atoms. The highest BCUT2D eigenvalue weighted by atomic mass is 16.4. The van der Waals surface area contributed by atoms with Crippen molar-refractivity contribution in [2.24, 2.45) is 0 Å². The van der Waals surface area contributed by atoms with Crippen molar-refractivity contribution in [3.63, 3.8) is 0 Å². The van der Waals surface area contributed by atoms with Gasteiger partial charge < -0.3 is 10.4 Å². The molecule has 0 atom stereocenters. The third-order valence-corrected chi connectivity index (χ3v) is 2.82. The van der Waals surface area contributed by atoms with Gasteiger partial charge >= 0.3 is 5.97 Å². The van der Waals surface area contributed by atoms with E-state index in [4.69, 9.17) is 5.11 Å². The van der Waals surface area contributed by atoms with E-state index in [9.17, 15) is 4.79 Å². The molecular formula is C12H16N2O2. The number of carbonyl (C=O) groups is 1. The summed E-state index contributed by atoms with van der Waals surface area (Å²) in [5.74, 6) is -0.379. The molecule has 4 nitrogen and oxygen atoms in total. The van der Waals surface area contributed by atoms with E-state index < -0.39 is 5.97 Å². The number of aromatic carboxylic acids is 1. The van der Waals surface area contributed by atoms with Crippen molar-refractivity contribution in [1.29, 1.82) is 0 Å². The molecule has 1 aromatic heterocycles. The Balaban J connectivity index is 2.36. The van der Waals surface area contributed by atoms with Crippen molar-refractivity contribution in [1.82, 2.24) is 4.98 Å². The number of fused-ring (bicyclic) bond motifs is 1. The fraction of sp³-hybridized carbons (Fsp3) is 0.500. The maximum absolute atomic E-state index is 11.1. The van der Waals surface area contributed by atoms with Crippen LogP contribution < -0.4 is 5.32 Å². The van der Waals surface area contributed by atoms with E-state index >= 15 is 0 Å². The van der Waals surface area contributed by atoms with E-state index in [0.29, 0.717) is 11.4 Å². The number of pyridine rings is 1. The smallest absolute Gasteiger partial charge is 0.339 e. The summed E-state index contributed by atoms with van der Waals surface area (Å²) in [7, 11) is 0. The van der Waals surface area contributed by atoms with Gasteiger partial charge in [-0.05, 0) is 37.3 Å². The summed E-state index contributed by atoms with van der Waals surface area (Å²) in [6.45, 7) is 2.80. The summed E-state index contributed by atoms with van der Waals surface area (Å²) < 4.78 is 0. The van der Waals surface area contributed by atoms with E-state index in [2.05, 4.69) is 10.3 Å². The number of rotatable bonds is 4. The number of anilines is 1. The monoisotopic (exact) mass is 220 g/mol. The van der Waals surface area contributed by atoms with Crippen LogP contribution in [-0.4, -0.2) is 22.6 Å². The molecule has 0 spiro atoms. The Morgan fingerprint density at radius 2 is 2.38 bits per heavy atom. The normalized spacial score (nSPS) is 13.6. The van der Waals surface area contributed by atoms with Crippen molar-refractivity contribution in [2.75, 3.05) is 11.9 Å². The van der Waals surface area contributed by atoms with Crippen molar-refractivity contribution in [2.45, 2.75) is 32.6 Å². The minimum absolute atomic E-state index is 0.300. The summed E-state index contributed by atoms with van der Waals surface area (Å²) in [5.41, 5.74) is 2.46. The topological polar surface area (TPSA) is 62.2 Å². The zero-order chi connectivity index (χ0) is 11.5. The minimum Gasteiger partial charge on any atom is -0.478 e. The lowest BCUT2D eigenvalue weighted by molar-refractivity contribution is 0.0697. The molecule has 1 aromatic rings. The Hall–Kier alpha value is -1.58. The number of carboxylic acids is 1. The Bertz CT molecular complexity index is 416. The fourth-order valence-electron chi connectivity index (χ4n) is 2.01. The van der Waals surface area contributed by atoms with Crippen LogP contribution in [0, 0.1) is 0 Å². The first-order valence-electron chi connectivity index (χ1n) is 5.72. The van der Waals surface area contributed by atoms with Crippen molar-refractivity contribution >= 4 is 11.8 Å². The van der Waals surface area contributed by atoms with Crippen molar-refractivity contribution < 1.29 is 9.90 Å². The summed E-state index contributed by atoms with van der Waals surface area (Å²) in [4.78, 5) is 15.5. The van der Waals surface area contributed by atoms with Crippen LogP contribution in [0.15, 0.2) is 6.07 Å². The molecule has 0 radical (unpaired) electrons. The van der Waals surface area contributed by atoms with Gasteiger partial charge in [0.1, 0.15) is 11.4 Å². The Kier molecular flexibility index (Phi) is 3.08. The third kappa shape index (κ3) is 2.01. The van der Waals surface area contributed by atoms with Crippen LogP contribution in [0.2, 0.25) is 0 Å². The number of aryl methyl sites for hydroxylation is 2. The first-order valence-corrected chi connectivity index (χ1v) is 5.72. The molecule has 0 saturated carbocycles. The van der Waals surface area contributed by atoms with Crippen molar-refractivity contribution in [3.05, 3.63) is 22.9 Å². The van der Waals surface area contributed by atoms with Gasteiger partial charge in [-0.15, -0.1) is 0 Å². The predicted molar refractivity (Wildman–Crippen MR) is 62.0 cm³/mol. The predicted octanol–water partition coefficient (Wildman–Crippen LogP) is 2.09.